The van der Waals surface area contributed by atoms with E-state index >= 15 is 0 Å². The van der Waals surface area contributed by atoms with Crippen molar-refractivity contribution in [2.24, 2.45) is 5.92 Å². The lowest BCUT2D eigenvalue weighted by atomic mass is 10.0. The van der Waals surface area contributed by atoms with E-state index in [1.54, 1.807) is 38.1 Å². The molecule has 0 spiro atoms. The minimum atomic E-state index is -1.03. The second-order valence-corrected chi connectivity index (χ2v) is 7.25. The zero-order valence-corrected chi connectivity index (χ0v) is 17.7. The minimum Gasteiger partial charge on any atom is -0.497 e. The third-order valence-electron chi connectivity index (χ3n) is 4.44. The average molecular weight is 412 g/mol. The number of esters is 1. The van der Waals surface area contributed by atoms with Crippen LogP contribution in [0.1, 0.15) is 26.3 Å². The van der Waals surface area contributed by atoms with Crippen molar-refractivity contribution >= 4 is 23.5 Å². The lowest BCUT2D eigenvalue weighted by Crippen LogP contribution is -2.47. The fraction of sp³-hybridized carbons (Fsp3) is 0.348. The molecule has 0 bridgehead atoms. The van der Waals surface area contributed by atoms with Crippen molar-refractivity contribution in [3.8, 4) is 5.75 Å². The van der Waals surface area contributed by atoms with Crippen LogP contribution in [0.25, 0.3) is 0 Å². The first kappa shape index (κ1) is 22.9. The Labute approximate surface area is 176 Å². The summed E-state index contributed by atoms with van der Waals surface area (Å²) in [5, 5.41) is 5.39. The van der Waals surface area contributed by atoms with Crippen LogP contribution in [-0.4, -0.2) is 37.0 Å². The number of anilines is 1. The lowest BCUT2D eigenvalue weighted by Gasteiger charge is -2.23. The van der Waals surface area contributed by atoms with Gasteiger partial charge in [0.1, 0.15) is 11.8 Å². The van der Waals surface area contributed by atoms with Gasteiger partial charge in [-0.05, 0) is 30.5 Å². The molecule has 0 aliphatic carbocycles. The van der Waals surface area contributed by atoms with Crippen molar-refractivity contribution < 1.29 is 23.9 Å². The van der Waals surface area contributed by atoms with Crippen molar-refractivity contribution in [1.29, 1.82) is 0 Å². The molecule has 0 fully saturated rings. The largest absolute Gasteiger partial charge is 0.497 e. The number of carbonyl (C=O) groups is 3. The standard InChI is InChI=1S/C23H28N2O5/c1-15(2)21(25-20(26)13-17-9-6-5-7-10-17)23(28)30-16(3)22(27)24-18-11-8-12-19(14-18)29-4/h5-12,14-16,21H,13H2,1-4H3,(H,24,27)(H,25,26)/t16-,21+/m1/s1. The summed E-state index contributed by atoms with van der Waals surface area (Å²) < 4.78 is 10.4. The van der Waals surface area contributed by atoms with Gasteiger partial charge in [-0.3, -0.25) is 9.59 Å². The number of hydrogen-bond donors (Lipinski definition) is 2. The van der Waals surface area contributed by atoms with Crippen LogP contribution in [0, 0.1) is 5.92 Å². The molecule has 0 aromatic heterocycles. The molecule has 2 rings (SSSR count). The second-order valence-electron chi connectivity index (χ2n) is 7.25. The monoisotopic (exact) mass is 412 g/mol. The van der Waals surface area contributed by atoms with Crippen LogP contribution in [0.4, 0.5) is 5.69 Å². The van der Waals surface area contributed by atoms with E-state index in [1.807, 2.05) is 30.3 Å². The molecule has 2 aromatic rings. The predicted molar refractivity (Wildman–Crippen MR) is 114 cm³/mol. The number of rotatable bonds is 9. The summed E-state index contributed by atoms with van der Waals surface area (Å²) in [6.45, 7) is 5.09. The zero-order chi connectivity index (χ0) is 22.1. The molecule has 2 amide bonds. The maximum absolute atomic E-state index is 12.6. The SMILES string of the molecule is COc1cccc(NC(=O)[C@@H](C)OC(=O)[C@@H](NC(=O)Cc2ccccc2)C(C)C)c1. The molecule has 7 nitrogen and oxygen atoms in total. The molecule has 2 aromatic carbocycles. The van der Waals surface area contributed by atoms with Gasteiger partial charge in [0.05, 0.1) is 13.5 Å². The highest BCUT2D eigenvalue weighted by molar-refractivity contribution is 5.96. The number of amides is 2. The van der Waals surface area contributed by atoms with E-state index < -0.39 is 24.0 Å². The maximum Gasteiger partial charge on any atom is 0.329 e. The van der Waals surface area contributed by atoms with E-state index in [-0.39, 0.29) is 18.2 Å². The number of hydrogen-bond acceptors (Lipinski definition) is 5. The van der Waals surface area contributed by atoms with Gasteiger partial charge in [-0.25, -0.2) is 4.79 Å². The van der Waals surface area contributed by atoms with Crippen molar-refractivity contribution in [2.45, 2.75) is 39.3 Å². The minimum absolute atomic E-state index is 0.156. The van der Waals surface area contributed by atoms with Gasteiger partial charge in [-0.1, -0.05) is 50.2 Å². The highest BCUT2D eigenvalue weighted by atomic mass is 16.5. The molecule has 0 aliphatic heterocycles. The number of carbonyl (C=O) groups excluding carboxylic acids is 3. The van der Waals surface area contributed by atoms with E-state index in [1.165, 1.54) is 14.0 Å². The summed E-state index contributed by atoms with van der Waals surface area (Å²) >= 11 is 0. The Hall–Kier alpha value is -3.35. The number of nitrogens with one attached hydrogen (secondary N) is 2. The molecule has 0 saturated carbocycles. The number of methoxy groups -OCH3 is 1. The average Bonchev–Trinajstić information content (AvgIpc) is 2.72. The normalized spacial score (nSPS) is 12.6. The summed E-state index contributed by atoms with van der Waals surface area (Å²) in [7, 11) is 1.53. The Morgan fingerprint density at radius 1 is 0.967 bits per heavy atom. The van der Waals surface area contributed by atoms with Gasteiger partial charge in [-0.2, -0.15) is 0 Å². The summed E-state index contributed by atoms with van der Waals surface area (Å²) in [4.78, 5) is 37.3. The summed E-state index contributed by atoms with van der Waals surface area (Å²) in [5.74, 6) is -1.02. The van der Waals surface area contributed by atoms with E-state index in [2.05, 4.69) is 10.6 Å². The fourth-order valence-corrected chi connectivity index (χ4v) is 2.75. The molecule has 2 N–H and O–H groups in total. The summed E-state index contributed by atoms with van der Waals surface area (Å²) in [5.41, 5.74) is 1.37. The first-order valence-corrected chi connectivity index (χ1v) is 9.79. The molecule has 0 unspecified atom stereocenters. The molecule has 7 heteroatoms. The highest BCUT2D eigenvalue weighted by Gasteiger charge is 2.29. The Morgan fingerprint density at radius 2 is 1.67 bits per heavy atom. The first-order valence-electron chi connectivity index (χ1n) is 9.79. The molecule has 0 heterocycles. The van der Waals surface area contributed by atoms with Gasteiger partial charge < -0.3 is 20.1 Å². The quantitative estimate of drug-likeness (QED) is 0.618. The molecular formula is C23H28N2O5. The van der Waals surface area contributed by atoms with Crippen LogP contribution >= 0.6 is 0 Å². The van der Waals surface area contributed by atoms with Gasteiger partial charge >= 0.3 is 5.97 Å². The Balaban J connectivity index is 1.94. The van der Waals surface area contributed by atoms with Crippen LogP contribution < -0.4 is 15.4 Å². The fourth-order valence-electron chi connectivity index (χ4n) is 2.75. The lowest BCUT2D eigenvalue weighted by molar-refractivity contribution is -0.157. The smallest absolute Gasteiger partial charge is 0.329 e. The first-order chi connectivity index (χ1) is 14.3. The van der Waals surface area contributed by atoms with Gasteiger partial charge in [0.25, 0.3) is 5.91 Å². The molecule has 30 heavy (non-hydrogen) atoms. The van der Waals surface area contributed by atoms with Crippen molar-refractivity contribution in [3.05, 3.63) is 60.2 Å². The zero-order valence-electron chi connectivity index (χ0n) is 17.7. The van der Waals surface area contributed by atoms with Crippen LogP contribution in [0.2, 0.25) is 0 Å². The molecule has 2 atom stereocenters. The van der Waals surface area contributed by atoms with Gasteiger partial charge in [0.2, 0.25) is 5.91 Å². The van der Waals surface area contributed by atoms with E-state index in [9.17, 15) is 14.4 Å². The molecule has 0 saturated heterocycles. The molecular weight excluding hydrogens is 384 g/mol. The van der Waals surface area contributed by atoms with Gasteiger partial charge in [-0.15, -0.1) is 0 Å². The summed E-state index contributed by atoms with van der Waals surface area (Å²) in [6, 6.07) is 15.2. The highest BCUT2D eigenvalue weighted by Crippen LogP contribution is 2.17. The molecule has 0 aliphatic rings. The topological polar surface area (TPSA) is 93.7 Å². The third-order valence-corrected chi connectivity index (χ3v) is 4.44. The molecule has 0 radical (unpaired) electrons. The Kier molecular flexibility index (Phi) is 8.41. The van der Waals surface area contributed by atoms with Crippen LogP contribution in [0.15, 0.2) is 54.6 Å². The number of ether oxygens (including phenoxy) is 2. The van der Waals surface area contributed by atoms with Crippen molar-refractivity contribution in [1.82, 2.24) is 5.32 Å². The van der Waals surface area contributed by atoms with Gasteiger partial charge in [0, 0.05) is 11.8 Å². The third kappa shape index (κ3) is 6.92. The summed E-state index contributed by atoms with van der Waals surface area (Å²) in [6.07, 6.45) is -0.876. The van der Waals surface area contributed by atoms with E-state index in [4.69, 9.17) is 9.47 Å². The second kappa shape index (κ2) is 11.0. The Bertz CT molecular complexity index is 867. The van der Waals surface area contributed by atoms with E-state index in [0.29, 0.717) is 11.4 Å². The van der Waals surface area contributed by atoms with Gasteiger partial charge in [0.15, 0.2) is 6.10 Å². The number of benzene rings is 2. The van der Waals surface area contributed by atoms with Crippen LogP contribution in [-0.2, 0) is 25.5 Å². The molecule has 160 valence electrons. The van der Waals surface area contributed by atoms with Crippen molar-refractivity contribution in [3.63, 3.8) is 0 Å². The van der Waals surface area contributed by atoms with Crippen LogP contribution in [0.3, 0.4) is 0 Å². The van der Waals surface area contributed by atoms with Crippen molar-refractivity contribution in [2.75, 3.05) is 12.4 Å². The Morgan fingerprint density at radius 3 is 2.30 bits per heavy atom. The maximum atomic E-state index is 12.6. The predicted octanol–water partition coefficient (Wildman–Crippen LogP) is 2.95. The van der Waals surface area contributed by atoms with E-state index in [0.717, 1.165) is 5.56 Å². The van der Waals surface area contributed by atoms with Crippen LogP contribution in [0.5, 0.6) is 5.75 Å².